The van der Waals surface area contributed by atoms with E-state index in [2.05, 4.69) is 15.4 Å². The largest absolute Gasteiger partial charge is 0.492 e. The molecule has 0 aliphatic carbocycles. The van der Waals surface area contributed by atoms with Gasteiger partial charge in [0.25, 0.3) is 11.8 Å². The van der Waals surface area contributed by atoms with E-state index in [1.165, 1.54) is 30.0 Å². The standard InChI is InChI=1S/C28H33FN6O6/c1-27(2,41-26(30)39)24(37)32-21(10-12-40-20-13-19(29)15-31-16-20)23(36)35-11-9-22-28(17-35,25(38)34(3)33-22)14-18-7-5-4-6-8-18/h4-8,13,15-16,21H,9-12,14,17H2,1-3H3,(H2,30,39)(H,32,37)/t21-,28-/m1/s1. The Labute approximate surface area is 236 Å². The molecule has 2 aliphatic heterocycles. The van der Waals surface area contributed by atoms with Crippen LogP contribution >= 0.6 is 0 Å². The fourth-order valence-corrected chi connectivity index (χ4v) is 5.09. The van der Waals surface area contributed by atoms with E-state index < -0.39 is 40.8 Å². The highest BCUT2D eigenvalue weighted by Crippen LogP contribution is 2.38. The monoisotopic (exact) mass is 568 g/mol. The van der Waals surface area contributed by atoms with Crippen LogP contribution in [0.1, 0.15) is 32.3 Å². The molecule has 218 valence electrons. The molecule has 3 heterocycles. The second-order valence-electron chi connectivity index (χ2n) is 10.6. The molecule has 0 radical (unpaired) electrons. The highest BCUT2D eigenvalue weighted by Gasteiger charge is 2.54. The maximum absolute atomic E-state index is 13.9. The Bertz CT molecular complexity index is 1350. The van der Waals surface area contributed by atoms with Crippen molar-refractivity contribution < 1.29 is 33.0 Å². The summed E-state index contributed by atoms with van der Waals surface area (Å²) in [4.78, 5) is 57.1. The zero-order valence-electron chi connectivity index (χ0n) is 23.1. The molecule has 4 amide bonds. The number of nitrogens with zero attached hydrogens (tertiary/aromatic N) is 4. The minimum atomic E-state index is -1.67. The van der Waals surface area contributed by atoms with E-state index in [4.69, 9.17) is 15.2 Å². The number of nitrogens with one attached hydrogen (secondary N) is 1. The van der Waals surface area contributed by atoms with Gasteiger partial charge < -0.3 is 25.4 Å². The average molecular weight is 569 g/mol. The Balaban J connectivity index is 1.56. The van der Waals surface area contributed by atoms with Crippen molar-refractivity contribution >= 4 is 29.5 Å². The lowest BCUT2D eigenvalue weighted by Crippen LogP contribution is -2.60. The van der Waals surface area contributed by atoms with Gasteiger partial charge in [-0.05, 0) is 25.8 Å². The molecule has 1 aromatic heterocycles. The zero-order valence-corrected chi connectivity index (χ0v) is 23.1. The third-order valence-electron chi connectivity index (χ3n) is 7.13. The van der Waals surface area contributed by atoms with E-state index >= 15 is 0 Å². The first-order chi connectivity index (χ1) is 19.4. The van der Waals surface area contributed by atoms with Crippen LogP contribution in [0.5, 0.6) is 5.75 Å². The van der Waals surface area contributed by atoms with E-state index in [-0.39, 0.29) is 37.8 Å². The summed E-state index contributed by atoms with van der Waals surface area (Å²) in [6.07, 6.45) is 1.92. The quantitative estimate of drug-likeness (QED) is 0.441. The van der Waals surface area contributed by atoms with Gasteiger partial charge in [0.05, 0.1) is 24.7 Å². The molecular formula is C28H33FN6O6. The van der Waals surface area contributed by atoms with E-state index in [9.17, 15) is 23.6 Å². The first-order valence-electron chi connectivity index (χ1n) is 13.1. The lowest BCUT2D eigenvalue weighted by atomic mass is 9.73. The molecule has 2 atom stereocenters. The summed E-state index contributed by atoms with van der Waals surface area (Å²) >= 11 is 0. The Morgan fingerprint density at radius 2 is 1.95 bits per heavy atom. The van der Waals surface area contributed by atoms with Crippen LogP contribution in [0, 0.1) is 11.2 Å². The molecule has 0 saturated carbocycles. The molecular weight excluding hydrogens is 535 g/mol. The molecule has 0 unspecified atom stereocenters. The van der Waals surface area contributed by atoms with Gasteiger partial charge in [-0.1, -0.05) is 30.3 Å². The number of primary amides is 1. The normalized spacial score (nSPS) is 19.2. The van der Waals surface area contributed by atoms with Crippen molar-refractivity contribution in [2.45, 2.75) is 44.8 Å². The number of fused-ring (bicyclic) bond motifs is 1. The number of halogens is 1. The van der Waals surface area contributed by atoms with Crippen molar-refractivity contribution in [3.05, 3.63) is 60.2 Å². The third-order valence-corrected chi connectivity index (χ3v) is 7.13. The number of amides is 4. The fourth-order valence-electron chi connectivity index (χ4n) is 5.09. The molecule has 12 nitrogen and oxygen atoms in total. The van der Waals surface area contributed by atoms with Gasteiger partial charge in [0, 0.05) is 39.0 Å². The number of hydrazone groups is 1. The van der Waals surface area contributed by atoms with E-state index in [1.54, 1.807) is 7.05 Å². The molecule has 1 aromatic carbocycles. The number of pyridine rings is 1. The number of rotatable bonds is 10. The van der Waals surface area contributed by atoms with Gasteiger partial charge in [-0.25, -0.2) is 14.2 Å². The van der Waals surface area contributed by atoms with E-state index in [0.717, 1.165) is 17.8 Å². The summed E-state index contributed by atoms with van der Waals surface area (Å²) in [6, 6.07) is 9.51. The molecule has 1 saturated heterocycles. The van der Waals surface area contributed by atoms with Crippen LogP contribution in [0.25, 0.3) is 0 Å². The molecule has 4 rings (SSSR count). The van der Waals surface area contributed by atoms with Gasteiger partial charge in [0.15, 0.2) is 5.60 Å². The van der Waals surface area contributed by atoms with Gasteiger partial charge >= 0.3 is 6.09 Å². The first-order valence-corrected chi connectivity index (χ1v) is 13.1. The summed E-state index contributed by atoms with van der Waals surface area (Å²) in [7, 11) is 1.59. The Hall–Kier alpha value is -4.55. The number of likely N-dealkylation sites (tertiary alicyclic amines) is 1. The van der Waals surface area contributed by atoms with Crippen molar-refractivity contribution in [2.75, 3.05) is 26.7 Å². The molecule has 13 heteroatoms. The maximum atomic E-state index is 13.9. The number of nitrogens with two attached hydrogens (primary N) is 1. The van der Waals surface area contributed by atoms with Crippen molar-refractivity contribution in [1.29, 1.82) is 0 Å². The van der Waals surface area contributed by atoms with Gasteiger partial charge in [0.2, 0.25) is 5.91 Å². The SMILES string of the molecule is CN1N=C2CCN(C(=O)[C@@H](CCOc3cncc(F)c3)NC(=O)C(C)(C)OC(N)=O)C[C@@]2(Cc2ccccc2)C1=O. The van der Waals surface area contributed by atoms with Crippen molar-refractivity contribution in [3.63, 3.8) is 0 Å². The number of ether oxygens (including phenoxy) is 2. The molecule has 41 heavy (non-hydrogen) atoms. The number of aromatic nitrogens is 1. The number of benzene rings is 1. The van der Waals surface area contributed by atoms with Crippen molar-refractivity contribution in [2.24, 2.45) is 16.3 Å². The van der Waals surface area contributed by atoms with Gasteiger partial charge in [-0.2, -0.15) is 5.10 Å². The molecule has 1 fully saturated rings. The smallest absolute Gasteiger partial charge is 0.405 e. The van der Waals surface area contributed by atoms with Crippen LogP contribution < -0.4 is 15.8 Å². The maximum Gasteiger partial charge on any atom is 0.405 e. The molecule has 2 aliphatic rings. The van der Waals surface area contributed by atoms with Gasteiger partial charge in [0.1, 0.15) is 23.0 Å². The highest BCUT2D eigenvalue weighted by molar-refractivity contribution is 6.13. The molecule has 0 bridgehead atoms. The van der Waals surface area contributed by atoms with Gasteiger partial charge in [-0.15, -0.1) is 0 Å². The second-order valence-corrected chi connectivity index (χ2v) is 10.6. The van der Waals surface area contributed by atoms with Crippen LogP contribution in [-0.2, 0) is 25.5 Å². The summed E-state index contributed by atoms with van der Waals surface area (Å²) in [5.74, 6) is -1.86. The summed E-state index contributed by atoms with van der Waals surface area (Å²) in [5.41, 5.74) is 4.03. The van der Waals surface area contributed by atoms with E-state index in [1.807, 2.05) is 30.3 Å². The topological polar surface area (TPSA) is 157 Å². The minimum absolute atomic E-state index is 0.00921. The Morgan fingerprint density at radius 1 is 1.22 bits per heavy atom. The number of piperidine rings is 1. The summed E-state index contributed by atoms with van der Waals surface area (Å²) < 4.78 is 24.0. The lowest BCUT2D eigenvalue weighted by Gasteiger charge is -2.41. The predicted molar refractivity (Wildman–Crippen MR) is 145 cm³/mol. The molecule has 0 spiro atoms. The Kier molecular flexibility index (Phi) is 8.55. The fraction of sp³-hybridized carbons (Fsp3) is 0.429. The summed E-state index contributed by atoms with van der Waals surface area (Å²) in [5, 5.41) is 8.43. The van der Waals surface area contributed by atoms with Crippen LogP contribution in [0.15, 0.2) is 53.9 Å². The van der Waals surface area contributed by atoms with Crippen LogP contribution in [0.2, 0.25) is 0 Å². The van der Waals surface area contributed by atoms with Crippen LogP contribution in [-0.4, -0.2) is 82.8 Å². The zero-order chi connectivity index (χ0) is 29.8. The number of carbonyl (C=O) groups excluding carboxylic acids is 4. The van der Waals surface area contributed by atoms with Gasteiger partial charge in [-0.3, -0.25) is 19.4 Å². The van der Waals surface area contributed by atoms with Crippen molar-refractivity contribution in [1.82, 2.24) is 20.2 Å². The Morgan fingerprint density at radius 3 is 2.63 bits per heavy atom. The summed E-state index contributed by atoms with van der Waals surface area (Å²) in [6.45, 7) is 2.95. The van der Waals surface area contributed by atoms with Crippen molar-refractivity contribution in [3.8, 4) is 5.75 Å². The lowest BCUT2D eigenvalue weighted by molar-refractivity contribution is -0.145. The number of hydrogen-bond donors (Lipinski definition) is 2. The third kappa shape index (κ3) is 6.61. The minimum Gasteiger partial charge on any atom is -0.492 e. The molecule has 3 N–H and O–H groups in total. The van der Waals surface area contributed by atoms with E-state index in [0.29, 0.717) is 18.6 Å². The first kappa shape index (κ1) is 29.4. The highest BCUT2D eigenvalue weighted by atomic mass is 19.1. The molecule has 2 aromatic rings. The predicted octanol–water partition coefficient (Wildman–Crippen LogP) is 1.64. The van der Waals surface area contributed by atoms with Crippen LogP contribution in [0.3, 0.4) is 0 Å². The second kappa shape index (κ2) is 11.9. The van der Waals surface area contributed by atoms with Crippen LogP contribution in [0.4, 0.5) is 9.18 Å². The number of carbonyl (C=O) groups is 4. The average Bonchev–Trinajstić information content (AvgIpc) is 3.16. The number of hydrogen-bond acceptors (Lipinski definition) is 8.